The standard InChI is InChI=1S/C17H20BrNS/c1-3-16(19)17(13-9-7-12(2)8-10-13)20-15-6-4-5-14(18)11-15/h4-11,16-17H,3,19H2,1-2H3. The van der Waals surface area contributed by atoms with E-state index in [2.05, 4.69) is 72.2 Å². The summed E-state index contributed by atoms with van der Waals surface area (Å²) in [5.74, 6) is 0. The second-order valence-corrected chi connectivity index (χ2v) is 7.11. The van der Waals surface area contributed by atoms with Crippen LogP contribution in [0.4, 0.5) is 0 Å². The highest BCUT2D eigenvalue weighted by atomic mass is 79.9. The van der Waals surface area contributed by atoms with Crippen LogP contribution in [0, 0.1) is 6.92 Å². The maximum atomic E-state index is 6.34. The Morgan fingerprint density at radius 1 is 1.15 bits per heavy atom. The Bertz CT molecular complexity index is 553. The lowest BCUT2D eigenvalue weighted by molar-refractivity contribution is 0.634. The minimum Gasteiger partial charge on any atom is -0.326 e. The first-order chi connectivity index (χ1) is 9.60. The molecule has 3 heteroatoms. The lowest BCUT2D eigenvalue weighted by Crippen LogP contribution is -2.25. The summed E-state index contributed by atoms with van der Waals surface area (Å²) >= 11 is 5.37. The van der Waals surface area contributed by atoms with Crippen molar-refractivity contribution in [3.05, 3.63) is 64.1 Å². The molecule has 2 aromatic rings. The normalized spacial score (nSPS) is 14.0. The molecule has 20 heavy (non-hydrogen) atoms. The van der Waals surface area contributed by atoms with E-state index in [0.29, 0.717) is 0 Å². The lowest BCUT2D eigenvalue weighted by atomic mass is 10.0. The van der Waals surface area contributed by atoms with Gasteiger partial charge in [0.2, 0.25) is 0 Å². The van der Waals surface area contributed by atoms with Gasteiger partial charge in [-0.15, -0.1) is 11.8 Å². The van der Waals surface area contributed by atoms with Crippen LogP contribution in [-0.2, 0) is 0 Å². The lowest BCUT2D eigenvalue weighted by Gasteiger charge is -2.23. The molecule has 0 radical (unpaired) electrons. The van der Waals surface area contributed by atoms with Crippen LogP contribution in [0.3, 0.4) is 0 Å². The fourth-order valence-electron chi connectivity index (χ4n) is 2.06. The van der Waals surface area contributed by atoms with Crippen molar-refractivity contribution >= 4 is 27.7 Å². The van der Waals surface area contributed by atoms with Gasteiger partial charge in [0, 0.05) is 20.7 Å². The van der Waals surface area contributed by atoms with Crippen molar-refractivity contribution in [3.8, 4) is 0 Å². The van der Waals surface area contributed by atoms with Gasteiger partial charge in [0.05, 0.1) is 0 Å². The molecule has 106 valence electrons. The van der Waals surface area contributed by atoms with Crippen molar-refractivity contribution in [2.24, 2.45) is 5.73 Å². The summed E-state index contributed by atoms with van der Waals surface area (Å²) < 4.78 is 1.11. The molecule has 0 bridgehead atoms. The Morgan fingerprint density at radius 2 is 1.85 bits per heavy atom. The summed E-state index contributed by atoms with van der Waals surface area (Å²) in [6.45, 7) is 4.26. The number of rotatable bonds is 5. The quantitative estimate of drug-likeness (QED) is 0.738. The molecule has 0 saturated carbocycles. The third-order valence-corrected chi connectivity index (χ3v) is 5.22. The molecule has 2 rings (SSSR count). The molecule has 2 aromatic carbocycles. The fraction of sp³-hybridized carbons (Fsp3) is 0.294. The first kappa shape index (κ1) is 15.6. The summed E-state index contributed by atoms with van der Waals surface area (Å²) in [7, 11) is 0. The number of halogens is 1. The molecule has 0 aromatic heterocycles. The van der Waals surface area contributed by atoms with Crippen molar-refractivity contribution in [3.63, 3.8) is 0 Å². The van der Waals surface area contributed by atoms with E-state index in [9.17, 15) is 0 Å². The number of thioether (sulfide) groups is 1. The number of hydrogen-bond acceptors (Lipinski definition) is 2. The zero-order valence-corrected chi connectivity index (χ0v) is 14.2. The second-order valence-electron chi connectivity index (χ2n) is 4.98. The van der Waals surface area contributed by atoms with Gasteiger partial charge in [0.25, 0.3) is 0 Å². The summed E-state index contributed by atoms with van der Waals surface area (Å²) in [6.07, 6.45) is 0.972. The van der Waals surface area contributed by atoms with Gasteiger partial charge in [-0.05, 0) is 37.1 Å². The molecule has 2 N–H and O–H groups in total. The Kier molecular flexibility index (Phi) is 5.70. The monoisotopic (exact) mass is 349 g/mol. The van der Waals surface area contributed by atoms with E-state index in [4.69, 9.17) is 5.73 Å². The van der Waals surface area contributed by atoms with Crippen molar-refractivity contribution in [1.82, 2.24) is 0 Å². The molecular formula is C17H20BrNS. The maximum Gasteiger partial charge on any atom is 0.0495 e. The van der Waals surface area contributed by atoms with Crippen LogP contribution in [0.2, 0.25) is 0 Å². The molecule has 0 spiro atoms. The van der Waals surface area contributed by atoms with Gasteiger partial charge in [0.1, 0.15) is 0 Å². The van der Waals surface area contributed by atoms with Crippen molar-refractivity contribution < 1.29 is 0 Å². The number of benzene rings is 2. The molecule has 2 atom stereocenters. The predicted octanol–water partition coefficient (Wildman–Crippen LogP) is 5.33. The predicted molar refractivity (Wildman–Crippen MR) is 92.2 cm³/mol. The highest BCUT2D eigenvalue weighted by molar-refractivity contribution is 9.10. The van der Waals surface area contributed by atoms with Crippen LogP contribution in [0.5, 0.6) is 0 Å². The molecule has 0 aliphatic heterocycles. The fourth-order valence-corrected chi connectivity index (χ4v) is 3.92. The Morgan fingerprint density at radius 3 is 2.45 bits per heavy atom. The van der Waals surface area contributed by atoms with Gasteiger partial charge in [-0.1, -0.05) is 58.7 Å². The van der Waals surface area contributed by atoms with Crippen LogP contribution < -0.4 is 5.73 Å². The van der Waals surface area contributed by atoms with E-state index < -0.39 is 0 Å². The minimum absolute atomic E-state index is 0.154. The molecule has 0 aliphatic rings. The SMILES string of the molecule is CCC(N)C(Sc1cccc(Br)c1)c1ccc(C)cc1. The third kappa shape index (κ3) is 4.11. The molecular weight excluding hydrogens is 330 g/mol. The van der Waals surface area contributed by atoms with Gasteiger partial charge >= 0.3 is 0 Å². The highest BCUT2D eigenvalue weighted by Gasteiger charge is 2.19. The molecule has 1 nitrogen and oxygen atoms in total. The summed E-state index contributed by atoms with van der Waals surface area (Å²) in [4.78, 5) is 1.24. The van der Waals surface area contributed by atoms with Gasteiger partial charge in [0.15, 0.2) is 0 Å². The molecule has 0 amide bonds. The molecule has 0 aliphatic carbocycles. The van der Waals surface area contributed by atoms with E-state index >= 15 is 0 Å². The number of aryl methyl sites for hydroxylation is 1. The van der Waals surface area contributed by atoms with Crippen LogP contribution in [0.25, 0.3) is 0 Å². The van der Waals surface area contributed by atoms with Gasteiger partial charge in [-0.3, -0.25) is 0 Å². The first-order valence-corrected chi connectivity index (χ1v) is 8.51. The van der Waals surface area contributed by atoms with E-state index in [-0.39, 0.29) is 11.3 Å². The van der Waals surface area contributed by atoms with Gasteiger partial charge in [-0.25, -0.2) is 0 Å². The molecule has 0 fully saturated rings. The van der Waals surface area contributed by atoms with Crippen molar-refractivity contribution in [2.75, 3.05) is 0 Å². The molecule has 2 unspecified atom stereocenters. The summed E-state index contributed by atoms with van der Waals surface area (Å²) in [6, 6.07) is 17.3. The zero-order chi connectivity index (χ0) is 14.5. The van der Waals surface area contributed by atoms with Crippen LogP contribution in [-0.4, -0.2) is 6.04 Å². The van der Waals surface area contributed by atoms with Crippen molar-refractivity contribution in [2.45, 2.75) is 36.5 Å². The topological polar surface area (TPSA) is 26.0 Å². The maximum absolute atomic E-state index is 6.34. The Hall–Kier alpha value is -0.770. The van der Waals surface area contributed by atoms with E-state index in [1.807, 2.05) is 17.8 Å². The Balaban J connectivity index is 2.26. The molecule has 0 saturated heterocycles. The number of hydrogen-bond donors (Lipinski definition) is 1. The van der Waals surface area contributed by atoms with Crippen LogP contribution in [0.1, 0.15) is 29.7 Å². The van der Waals surface area contributed by atoms with E-state index in [1.54, 1.807) is 0 Å². The number of nitrogens with two attached hydrogens (primary N) is 1. The zero-order valence-electron chi connectivity index (χ0n) is 11.8. The second kappa shape index (κ2) is 7.30. The van der Waals surface area contributed by atoms with Gasteiger partial charge < -0.3 is 5.73 Å². The third-order valence-electron chi connectivity index (χ3n) is 3.33. The minimum atomic E-state index is 0.154. The van der Waals surface area contributed by atoms with E-state index in [1.165, 1.54) is 16.0 Å². The largest absolute Gasteiger partial charge is 0.326 e. The summed E-state index contributed by atoms with van der Waals surface area (Å²) in [5, 5.41) is 0.287. The average Bonchev–Trinajstić information content (AvgIpc) is 2.45. The van der Waals surface area contributed by atoms with Crippen LogP contribution >= 0.6 is 27.7 Å². The summed E-state index contributed by atoms with van der Waals surface area (Å²) in [5.41, 5.74) is 8.92. The highest BCUT2D eigenvalue weighted by Crippen LogP contribution is 2.38. The van der Waals surface area contributed by atoms with Gasteiger partial charge in [-0.2, -0.15) is 0 Å². The molecule has 0 heterocycles. The van der Waals surface area contributed by atoms with Crippen LogP contribution in [0.15, 0.2) is 57.9 Å². The Labute approximate surface area is 134 Å². The smallest absolute Gasteiger partial charge is 0.0495 e. The van der Waals surface area contributed by atoms with E-state index in [0.717, 1.165) is 10.9 Å². The average molecular weight is 350 g/mol. The van der Waals surface area contributed by atoms with Crippen molar-refractivity contribution in [1.29, 1.82) is 0 Å². The first-order valence-electron chi connectivity index (χ1n) is 6.84.